The van der Waals surface area contributed by atoms with Crippen LogP contribution in [0.25, 0.3) is 0 Å². The molecule has 1 atom stereocenters. The first-order chi connectivity index (χ1) is 9.70. The van der Waals surface area contributed by atoms with E-state index in [9.17, 15) is 27.6 Å². The summed E-state index contributed by atoms with van der Waals surface area (Å²) in [6, 6.07) is 3.82. The molecule has 2 rings (SSSR count). The average Bonchev–Trinajstić information content (AvgIpc) is 2.66. The molecule has 1 aliphatic rings. The molecule has 21 heavy (non-hydrogen) atoms. The Labute approximate surface area is 117 Å². The van der Waals surface area contributed by atoms with Crippen molar-refractivity contribution in [2.75, 3.05) is 18.9 Å². The van der Waals surface area contributed by atoms with Crippen molar-refractivity contribution in [3.05, 3.63) is 29.8 Å². The Kier molecular flexibility index (Phi) is 3.71. The van der Waals surface area contributed by atoms with Gasteiger partial charge in [0.05, 0.1) is 5.56 Å². The van der Waals surface area contributed by atoms with Gasteiger partial charge >= 0.3 is 6.18 Å². The van der Waals surface area contributed by atoms with Crippen molar-refractivity contribution >= 4 is 23.3 Å². The quantitative estimate of drug-likeness (QED) is 0.661. The number of likely N-dealkylation sites (tertiary alicyclic amines) is 1. The van der Waals surface area contributed by atoms with E-state index in [1.807, 2.05) is 0 Å². The summed E-state index contributed by atoms with van der Waals surface area (Å²) in [7, 11) is 1.39. The lowest BCUT2D eigenvalue weighted by Crippen LogP contribution is -2.29. The summed E-state index contributed by atoms with van der Waals surface area (Å²) in [5.74, 6) is -3.41. The summed E-state index contributed by atoms with van der Waals surface area (Å²) in [6.45, 7) is -0.0376. The maximum atomic E-state index is 12.4. The maximum Gasteiger partial charge on any atom is 0.416 e. The first kappa shape index (κ1) is 15.0. The number of carbonyl (C=O) groups is 3. The monoisotopic (exact) mass is 300 g/mol. The third kappa shape index (κ3) is 3.04. The molecule has 2 amide bonds. The number of nitrogens with zero attached hydrogens (tertiary/aromatic N) is 1. The molecule has 1 N–H and O–H groups in total. The molecule has 5 nitrogen and oxygen atoms in total. The van der Waals surface area contributed by atoms with Gasteiger partial charge in [0.2, 0.25) is 11.7 Å². The van der Waals surface area contributed by atoms with Crippen LogP contribution in [0, 0.1) is 5.92 Å². The van der Waals surface area contributed by atoms with E-state index >= 15 is 0 Å². The number of anilines is 1. The third-order valence-corrected chi connectivity index (χ3v) is 3.13. The second-order valence-electron chi connectivity index (χ2n) is 4.67. The van der Waals surface area contributed by atoms with Gasteiger partial charge in [-0.25, -0.2) is 0 Å². The van der Waals surface area contributed by atoms with Crippen molar-refractivity contribution in [3.8, 4) is 0 Å². The highest BCUT2D eigenvalue weighted by Crippen LogP contribution is 2.30. The maximum absolute atomic E-state index is 12.4. The Morgan fingerprint density at radius 1 is 1.24 bits per heavy atom. The van der Waals surface area contributed by atoms with Gasteiger partial charge < -0.3 is 10.2 Å². The molecule has 0 aliphatic carbocycles. The molecule has 1 fully saturated rings. The number of nitrogens with one attached hydrogen (secondary N) is 1. The van der Waals surface area contributed by atoms with Crippen LogP contribution in [-0.2, 0) is 20.6 Å². The van der Waals surface area contributed by atoms with Crippen LogP contribution >= 0.6 is 0 Å². The van der Waals surface area contributed by atoms with Crippen molar-refractivity contribution < 1.29 is 27.6 Å². The number of hydrogen-bond acceptors (Lipinski definition) is 3. The SMILES string of the molecule is CN1CC(C(=O)Nc2ccc(C(F)(F)F)cc2)C(=O)C1=O. The Bertz CT molecular complexity index is 596. The molecule has 0 bridgehead atoms. The normalized spacial score (nSPS) is 19.0. The topological polar surface area (TPSA) is 66.5 Å². The van der Waals surface area contributed by atoms with Crippen LogP contribution in [0.2, 0.25) is 0 Å². The third-order valence-electron chi connectivity index (χ3n) is 3.13. The van der Waals surface area contributed by atoms with Gasteiger partial charge in [-0.1, -0.05) is 0 Å². The van der Waals surface area contributed by atoms with E-state index in [2.05, 4.69) is 5.32 Å². The number of halogens is 3. The fourth-order valence-electron chi connectivity index (χ4n) is 1.95. The molecule has 0 aromatic heterocycles. The molecule has 0 radical (unpaired) electrons. The molecule has 112 valence electrons. The molecule has 0 spiro atoms. The number of rotatable bonds is 2. The largest absolute Gasteiger partial charge is 0.416 e. The minimum Gasteiger partial charge on any atom is -0.338 e. The lowest BCUT2D eigenvalue weighted by atomic mass is 10.1. The van der Waals surface area contributed by atoms with Crippen LogP contribution in [-0.4, -0.2) is 36.1 Å². The number of ketones is 1. The molecule has 1 aromatic carbocycles. The van der Waals surface area contributed by atoms with Gasteiger partial charge in [0, 0.05) is 19.3 Å². The highest BCUT2D eigenvalue weighted by Gasteiger charge is 2.41. The van der Waals surface area contributed by atoms with E-state index < -0.39 is 35.3 Å². The number of amides is 2. The fourth-order valence-corrected chi connectivity index (χ4v) is 1.95. The van der Waals surface area contributed by atoms with Crippen molar-refractivity contribution in [1.82, 2.24) is 4.90 Å². The van der Waals surface area contributed by atoms with Crippen molar-refractivity contribution in [2.45, 2.75) is 6.18 Å². The summed E-state index contributed by atoms with van der Waals surface area (Å²) in [4.78, 5) is 35.8. The molecule has 1 aromatic rings. The number of benzene rings is 1. The van der Waals surface area contributed by atoms with E-state index in [1.165, 1.54) is 7.05 Å². The van der Waals surface area contributed by atoms with E-state index in [0.29, 0.717) is 0 Å². The van der Waals surface area contributed by atoms with Crippen molar-refractivity contribution in [2.24, 2.45) is 5.92 Å². The van der Waals surface area contributed by atoms with Gasteiger partial charge in [-0.05, 0) is 24.3 Å². The van der Waals surface area contributed by atoms with Crippen LogP contribution in [0.15, 0.2) is 24.3 Å². The van der Waals surface area contributed by atoms with Gasteiger partial charge in [0.1, 0.15) is 5.92 Å². The van der Waals surface area contributed by atoms with E-state index in [-0.39, 0.29) is 12.2 Å². The Balaban J connectivity index is 2.07. The Morgan fingerprint density at radius 3 is 2.24 bits per heavy atom. The Morgan fingerprint density at radius 2 is 1.81 bits per heavy atom. The second-order valence-corrected chi connectivity index (χ2v) is 4.67. The first-order valence-corrected chi connectivity index (χ1v) is 5.97. The van der Waals surface area contributed by atoms with Crippen LogP contribution in [0.3, 0.4) is 0 Å². The zero-order valence-electron chi connectivity index (χ0n) is 10.9. The molecular weight excluding hydrogens is 289 g/mol. The number of likely N-dealkylation sites (N-methyl/N-ethyl adjacent to an activating group) is 1. The van der Waals surface area contributed by atoms with E-state index in [1.54, 1.807) is 0 Å². The van der Waals surface area contributed by atoms with Gasteiger partial charge in [-0.3, -0.25) is 14.4 Å². The zero-order valence-corrected chi connectivity index (χ0v) is 10.9. The van der Waals surface area contributed by atoms with Crippen molar-refractivity contribution in [1.29, 1.82) is 0 Å². The van der Waals surface area contributed by atoms with Gasteiger partial charge in [0.15, 0.2) is 0 Å². The first-order valence-electron chi connectivity index (χ1n) is 5.97. The van der Waals surface area contributed by atoms with Crippen LogP contribution in [0.5, 0.6) is 0 Å². The van der Waals surface area contributed by atoms with E-state index in [0.717, 1.165) is 29.2 Å². The number of Topliss-reactive ketones (excluding diaryl/α,β-unsaturated/α-hetero) is 1. The standard InChI is InChI=1S/C13H11F3N2O3/c1-18-6-9(10(19)12(18)21)11(20)17-8-4-2-7(3-5-8)13(14,15)16/h2-5,9H,6H2,1H3,(H,17,20). The molecule has 1 unspecified atom stereocenters. The summed E-state index contributed by atoms with van der Waals surface area (Å²) < 4.78 is 37.2. The second kappa shape index (κ2) is 5.19. The lowest BCUT2D eigenvalue weighted by molar-refractivity contribution is -0.141. The summed E-state index contributed by atoms with van der Waals surface area (Å²) in [5.41, 5.74) is -0.713. The average molecular weight is 300 g/mol. The lowest BCUT2D eigenvalue weighted by Gasteiger charge is -2.11. The van der Waals surface area contributed by atoms with E-state index in [4.69, 9.17) is 0 Å². The molecule has 1 saturated heterocycles. The molecule has 0 saturated carbocycles. The number of carbonyl (C=O) groups excluding carboxylic acids is 3. The smallest absolute Gasteiger partial charge is 0.338 e. The minimum absolute atomic E-state index is 0.0376. The summed E-state index contributed by atoms with van der Waals surface area (Å²) in [6.07, 6.45) is -4.46. The van der Waals surface area contributed by atoms with Crippen LogP contribution in [0.1, 0.15) is 5.56 Å². The van der Waals surface area contributed by atoms with Crippen molar-refractivity contribution in [3.63, 3.8) is 0 Å². The van der Waals surface area contributed by atoms with Gasteiger partial charge in [-0.15, -0.1) is 0 Å². The van der Waals surface area contributed by atoms with Crippen LogP contribution < -0.4 is 5.32 Å². The molecule has 1 heterocycles. The van der Waals surface area contributed by atoms with Gasteiger partial charge in [0.25, 0.3) is 5.91 Å². The van der Waals surface area contributed by atoms with Gasteiger partial charge in [-0.2, -0.15) is 13.2 Å². The highest BCUT2D eigenvalue weighted by atomic mass is 19.4. The minimum atomic E-state index is -4.46. The summed E-state index contributed by atoms with van der Waals surface area (Å²) in [5, 5.41) is 2.33. The molecule has 8 heteroatoms. The zero-order chi connectivity index (χ0) is 15.8. The molecular formula is C13H11F3N2O3. The fraction of sp³-hybridized carbons (Fsp3) is 0.308. The molecule has 1 aliphatic heterocycles. The van der Waals surface area contributed by atoms with Crippen LogP contribution in [0.4, 0.5) is 18.9 Å². The Hall–Kier alpha value is -2.38. The number of alkyl halides is 3. The predicted molar refractivity (Wildman–Crippen MR) is 66.2 cm³/mol. The predicted octanol–water partition coefficient (Wildman–Crippen LogP) is 1.30. The number of hydrogen-bond donors (Lipinski definition) is 1. The summed E-state index contributed by atoms with van der Waals surface area (Å²) >= 11 is 0. The highest BCUT2D eigenvalue weighted by molar-refractivity contribution is 6.43.